The molecule has 0 atom stereocenters. The van der Waals surface area contributed by atoms with E-state index in [1.165, 1.54) is 5.69 Å². The average Bonchev–Trinajstić information content (AvgIpc) is 2.48. The lowest BCUT2D eigenvalue weighted by Gasteiger charge is -2.36. The van der Waals surface area contributed by atoms with E-state index in [9.17, 15) is 4.39 Å². The van der Waals surface area contributed by atoms with Gasteiger partial charge in [-0.1, -0.05) is 11.6 Å². The van der Waals surface area contributed by atoms with E-state index >= 15 is 0 Å². The fourth-order valence-corrected chi connectivity index (χ4v) is 2.33. The van der Waals surface area contributed by atoms with Gasteiger partial charge in [-0.25, -0.2) is 0 Å². The number of benzene rings is 1. The Kier molecular flexibility index (Phi) is 5.47. The minimum absolute atomic E-state index is 0.346. The van der Waals surface area contributed by atoms with Crippen molar-refractivity contribution in [2.75, 3.05) is 44.3 Å². The summed E-state index contributed by atoms with van der Waals surface area (Å²) in [5.74, 6) is 0.522. The molecular weight excluding hydrogens is 279 g/mol. The molecule has 1 fully saturated rings. The van der Waals surface area contributed by atoms with Crippen molar-refractivity contribution >= 4 is 23.2 Å². The second-order valence-electron chi connectivity index (χ2n) is 4.73. The zero-order chi connectivity index (χ0) is 14.4. The molecule has 1 saturated heterocycles. The minimum Gasteiger partial charge on any atom is -0.370 e. The van der Waals surface area contributed by atoms with Gasteiger partial charge in [0, 0.05) is 43.4 Å². The predicted molar refractivity (Wildman–Crippen MR) is 82.3 cm³/mol. The molecule has 0 amide bonds. The number of nitrogens with zero attached hydrogens (tertiary/aromatic N) is 3. The Hall–Kier alpha value is -1.49. The third-order valence-electron chi connectivity index (χ3n) is 3.36. The number of nitrogens with two attached hydrogens (primary N) is 1. The molecule has 0 unspecified atom stereocenters. The van der Waals surface area contributed by atoms with Crippen LogP contribution in [0.5, 0.6) is 0 Å². The predicted octanol–water partition coefficient (Wildman–Crippen LogP) is 2.14. The van der Waals surface area contributed by atoms with Gasteiger partial charge in [-0.3, -0.25) is 9.38 Å². The Morgan fingerprint density at radius 3 is 2.45 bits per heavy atom. The van der Waals surface area contributed by atoms with Gasteiger partial charge < -0.3 is 15.5 Å². The maximum absolute atomic E-state index is 12.0. The number of aliphatic imine (C=N–C) groups is 1. The fourth-order valence-electron chi connectivity index (χ4n) is 2.20. The van der Waals surface area contributed by atoms with E-state index in [1.807, 2.05) is 29.2 Å². The van der Waals surface area contributed by atoms with E-state index in [2.05, 4.69) is 9.89 Å². The number of anilines is 1. The average molecular weight is 299 g/mol. The van der Waals surface area contributed by atoms with Crippen molar-refractivity contribution < 1.29 is 4.39 Å². The molecule has 1 aliphatic heterocycles. The van der Waals surface area contributed by atoms with E-state index in [0.29, 0.717) is 18.9 Å². The van der Waals surface area contributed by atoms with Gasteiger partial charge in [0.15, 0.2) is 5.96 Å². The third-order valence-corrected chi connectivity index (χ3v) is 3.61. The highest BCUT2D eigenvalue weighted by atomic mass is 35.5. The number of alkyl halides is 1. The number of halogens is 2. The van der Waals surface area contributed by atoms with Crippen molar-refractivity contribution in [2.45, 2.75) is 6.42 Å². The standard InChI is InChI=1S/C14H20ClFN4/c15-12-2-4-13(5-3-12)19-8-10-20(11-9-19)14(17)18-7-1-6-16/h2-5H,1,6-11H2,(H2,17,18). The lowest BCUT2D eigenvalue weighted by atomic mass is 10.2. The molecule has 1 aliphatic rings. The first-order valence-electron chi connectivity index (χ1n) is 6.82. The Balaban J connectivity index is 1.85. The van der Waals surface area contributed by atoms with Crippen LogP contribution in [0.1, 0.15) is 6.42 Å². The van der Waals surface area contributed by atoms with Crippen LogP contribution in [-0.2, 0) is 0 Å². The molecule has 1 aromatic rings. The summed E-state index contributed by atoms with van der Waals surface area (Å²) >= 11 is 5.89. The summed E-state index contributed by atoms with van der Waals surface area (Å²) in [6, 6.07) is 7.85. The van der Waals surface area contributed by atoms with E-state index in [1.54, 1.807) is 0 Å². The van der Waals surface area contributed by atoms with E-state index in [-0.39, 0.29) is 6.67 Å². The third kappa shape index (κ3) is 4.00. The van der Waals surface area contributed by atoms with Gasteiger partial charge in [-0.15, -0.1) is 0 Å². The summed E-state index contributed by atoms with van der Waals surface area (Å²) in [4.78, 5) is 8.53. The first-order valence-corrected chi connectivity index (χ1v) is 7.20. The van der Waals surface area contributed by atoms with Crippen LogP contribution in [0.2, 0.25) is 5.02 Å². The summed E-state index contributed by atoms with van der Waals surface area (Å²) in [5, 5.41) is 0.747. The second-order valence-corrected chi connectivity index (χ2v) is 5.17. The van der Waals surface area contributed by atoms with Crippen LogP contribution < -0.4 is 10.6 Å². The van der Waals surface area contributed by atoms with Crippen LogP contribution in [0, 0.1) is 0 Å². The molecule has 6 heteroatoms. The smallest absolute Gasteiger partial charge is 0.191 e. The molecule has 1 heterocycles. The van der Waals surface area contributed by atoms with Crippen LogP contribution in [0.25, 0.3) is 0 Å². The minimum atomic E-state index is -0.346. The molecule has 0 spiro atoms. The molecule has 2 N–H and O–H groups in total. The molecule has 0 saturated carbocycles. The van der Waals surface area contributed by atoms with Gasteiger partial charge in [-0.2, -0.15) is 0 Å². The maximum Gasteiger partial charge on any atom is 0.191 e. The van der Waals surface area contributed by atoms with Crippen molar-refractivity contribution in [1.82, 2.24) is 4.90 Å². The molecule has 1 aromatic carbocycles. The van der Waals surface area contributed by atoms with E-state index in [4.69, 9.17) is 17.3 Å². The van der Waals surface area contributed by atoms with Gasteiger partial charge in [0.2, 0.25) is 0 Å². The molecule has 2 rings (SSSR count). The van der Waals surface area contributed by atoms with Crippen molar-refractivity contribution in [3.8, 4) is 0 Å². The van der Waals surface area contributed by atoms with Crippen molar-refractivity contribution in [3.63, 3.8) is 0 Å². The largest absolute Gasteiger partial charge is 0.370 e. The topological polar surface area (TPSA) is 44.9 Å². The quantitative estimate of drug-likeness (QED) is 0.526. The molecule has 4 nitrogen and oxygen atoms in total. The zero-order valence-electron chi connectivity index (χ0n) is 11.4. The molecule has 0 bridgehead atoms. The highest BCUT2D eigenvalue weighted by Crippen LogP contribution is 2.19. The SMILES string of the molecule is NC(=NCCCF)N1CCN(c2ccc(Cl)cc2)CC1. The molecule has 110 valence electrons. The van der Waals surface area contributed by atoms with E-state index < -0.39 is 0 Å². The first-order chi connectivity index (χ1) is 9.70. The Morgan fingerprint density at radius 2 is 1.85 bits per heavy atom. The van der Waals surface area contributed by atoms with Crippen molar-refractivity contribution in [1.29, 1.82) is 0 Å². The van der Waals surface area contributed by atoms with Crippen molar-refractivity contribution in [2.24, 2.45) is 10.7 Å². The maximum atomic E-state index is 12.0. The van der Waals surface area contributed by atoms with Gasteiger partial charge >= 0.3 is 0 Å². The van der Waals surface area contributed by atoms with E-state index in [0.717, 1.165) is 31.2 Å². The molecule has 0 aromatic heterocycles. The Morgan fingerprint density at radius 1 is 1.20 bits per heavy atom. The fraction of sp³-hybridized carbons (Fsp3) is 0.500. The number of hydrogen-bond donors (Lipinski definition) is 1. The highest BCUT2D eigenvalue weighted by Gasteiger charge is 2.18. The summed E-state index contributed by atoms with van der Waals surface area (Å²) in [6.45, 7) is 3.55. The second kappa shape index (κ2) is 7.33. The van der Waals surface area contributed by atoms with Crippen LogP contribution in [-0.4, -0.2) is 50.3 Å². The molecule has 0 aliphatic carbocycles. The molecular formula is C14H20ClFN4. The summed E-state index contributed by atoms with van der Waals surface area (Å²) in [6.07, 6.45) is 0.436. The highest BCUT2D eigenvalue weighted by molar-refractivity contribution is 6.30. The van der Waals surface area contributed by atoms with Crippen LogP contribution in [0.3, 0.4) is 0 Å². The lowest BCUT2D eigenvalue weighted by Crippen LogP contribution is -2.51. The summed E-state index contributed by atoms with van der Waals surface area (Å²) in [5.41, 5.74) is 7.08. The van der Waals surface area contributed by atoms with Gasteiger partial charge in [-0.05, 0) is 30.7 Å². The Labute approximate surface area is 124 Å². The molecule has 20 heavy (non-hydrogen) atoms. The lowest BCUT2D eigenvalue weighted by molar-refractivity contribution is 0.380. The summed E-state index contributed by atoms with van der Waals surface area (Å²) in [7, 11) is 0. The zero-order valence-corrected chi connectivity index (χ0v) is 12.2. The number of guanidine groups is 1. The molecule has 0 radical (unpaired) electrons. The van der Waals surface area contributed by atoms with Gasteiger partial charge in [0.1, 0.15) is 0 Å². The van der Waals surface area contributed by atoms with Crippen LogP contribution >= 0.6 is 11.6 Å². The van der Waals surface area contributed by atoms with Gasteiger partial charge in [0.25, 0.3) is 0 Å². The van der Waals surface area contributed by atoms with Crippen LogP contribution in [0.4, 0.5) is 10.1 Å². The van der Waals surface area contributed by atoms with Gasteiger partial charge in [0.05, 0.1) is 6.67 Å². The first kappa shape index (κ1) is 14.9. The summed E-state index contributed by atoms with van der Waals surface area (Å²) < 4.78 is 12.0. The Bertz CT molecular complexity index is 441. The normalized spacial score (nSPS) is 16.6. The monoisotopic (exact) mass is 298 g/mol. The number of piperazine rings is 1. The number of hydrogen-bond acceptors (Lipinski definition) is 2. The van der Waals surface area contributed by atoms with Crippen molar-refractivity contribution in [3.05, 3.63) is 29.3 Å². The number of rotatable bonds is 4. The van der Waals surface area contributed by atoms with Crippen LogP contribution in [0.15, 0.2) is 29.3 Å².